The molecule has 0 aliphatic heterocycles. The highest BCUT2D eigenvalue weighted by Gasteiger charge is 2.30. The van der Waals surface area contributed by atoms with Crippen LogP contribution >= 0.6 is 0 Å². The maximum atomic E-state index is 12.2. The van der Waals surface area contributed by atoms with Gasteiger partial charge in [0, 0.05) is 5.56 Å². The molecule has 0 aliphatic carbocycles. The van der Waals surface area contributed by atoms with Crippen LogP contribution in [0.25, 0.3) is 11.3 Å². The Labute approximate surface area is 115 Å². The minimum atomic E-state index is -1.34. The van der Waals surface area contributed by atoms with Crippen LogP contribution in [0.4, 0.5) is 0 Å². The van der Waals surface area contributed by atoms with Crippen molar-refractivity contribution >= 4 is 11.9 Å². The zero-order chi connectivity index (χ0) is 14.8. The summed E-state index contributed by atoms with van der Waals surface area (Å²) in [5, 5.41) is 18.1. The molecule has 3 N–H and O–H groups in total. The molecule has 1 aromatic carbocycles. The summed E-state index contributed by atoms with van der Waals surface area (Å²) in [5.74, 6) is -1.58. The number of carbonyl (C=O) groups excluding carboxylic acids is 1. The van der Waals surface area contributed by atoms with Gasteiger partial charge in [-0.15, -0.1) is 0 Å². The average Bonchev–Trinajstić information content (AvgIpc) is 2.88. The Hall–Kier alpha value is -2.63. The zero-order valence-corrected chi connectivity index (χ0v) is 11.2. The lowest BCUT2D eigenvalue weighted by Crippen LogP contribution is -2.49. The van der Waals surface area contributed by atoms with Crippen LogP contribution in [0.5, 0.6) is 0 Å². The number of nitrogens with zero attached hydrogens (tertiary/aromatic N) is 1. The Morgan fingerprint density at radius 2 is 1.90 bits per heavy atom. The Morgan fingerprint density at radius 1 is 1.25 bits per heavy atom. The predicted molar refractivity (Wildman–Crippen MR) is 73.2 cm³/mol. The summed E-state index contributed by atoms with van der Waals surface area (Å²) < 4.78 is 0. The number of hydrogen-bond donors (Lipinski definition) is 3. The molecule has 20 heavy (non-hydrogen) atoms. The van der Waals surface area contributed by atoms with Gasteiger partial charge in [-0.2, -0.15) is 5.10 Å². The standard InChI is InChI=1S/C14H15N3O3/c1-14(2,13(19)20)16-12(18)10-8-15-17-11(10)9-6-4-3-5-7-9/h3-8H,1-2H3,(H,15,17)(H,16,18)(H,19,20). The van der Waals surface area contributed by atoms with Crippen molar-refractivity contribution in [2.24, 2.45) is 0 Å². The molecule has 1 amide bonds. The van der Waals surface area contributed by atoms with Crippen molar-refractivity contribution in [3.8, 4) is 11.3 Å². The maximum Gasteiger partial charge on any atom is 0.328 e. The van der Waals surface area contributed by atoms with Crippen LogP contribution in [0.3, 0.4) is 0 Å². The maximum absolute atomic E-state index is 12.2. The van der Waals surface area contributed by atoms with E-state index < -0.39 is 17.4 Å². The Bertz CT molecular complexity index is 632. The second-order valence-electron chi connectivity index (χ2n) is 4.91. The van der Waals surface area contributed by atoms with E-state index in [2.05, 4.69) is 15.5 Å². The summed E-state index contributed by atoms with van der Waals surface area (Å²) >= 11 is 0. The molecule has 0 fully saturated rings. The van der Waals surface area contributed by atoms with Crippen LogP contribution in [-0.2, 0) is 4.79 Å². The Kier molecular flexibility index (Phi) is 3.56. The van der Waals surface area contributed by atoms with Gasteiger partial charge in [0.25, 0.3) is 5.91 Å². The van der Waals surface area contributed by atoms with Gasteiger partial charge >= 0.3 is 5.97 Å². The van der Waals surface area contributed by atoms with Crippen molar-refractivity contribution in [1.29, 1.82) is 0 Å². The lowest BCUT2D eigenvalue weighted by Gasteiger charge is -2.20. The van der Waals surface area contributed by atoms with Crippen molar-refractivity contribution in [3.05, 3.63) is 42.1 Å². The number of hydrogen-bond acceptors (Lipinski definition) is 3. The predicted octanol–water partition coefficient (Wildman–Crippen LogP) is 1.67. The van der Waals surface area contributed by atoms with E-state index >= 15 is 0 Å². The number of rotatable bonds is 4. The molecule has 1 aromatic heterocycles. The number of aliphatic carboxylic acids is 1. The molecule has 2 rings (SSSR count). The highest BCUT2D eigenvalue weighted by atomic mass is 16.4. The number of benzene rings is 1. The van der Waals surface area contributed by atoms with E-state index in [1.807, 2.05) is 30.3 Å². The second kappa shape index (κ2) is 5.16. The van der Waals surface area contributed by atoms with Crippen molar-refractivity contribution in [3.63, 3.8) is 0 Å². The van der Waals surface area contributed by atoms with E-state index in [0.717, 1.165) is 5.56 Å². The monoisotopic (exact) mass is 273 g/mol. The Morgan fingerprint density at radius 3 is 2.50 bits per heavy atom. The molecule has 104 valence electrons. The van der Waals surface area contributed by atoms with Crippen LogP contribution in [0.1, 0.15) is 24.2 Å². The van der Waals surface area contributed by atoms with E-state index in [1.165, 1.54) is 20.0 Å². The lowest BCUT2D eigenvalue weighted by atomic mass is 10.0. The molecule has 0 atom stereocenters. The van der Waals surface area contributed by atoms with E-state index in [1.54, 1.807) is 0 Å². The fraction of sp³-hybridized carbons (Fsp3) is 0.214. The van der Waals surface area contributed by atoms with Gasteiger partial charge in [0.2, 0.25) is 0 Å². The SMILES string of the molecule is CC(C)(NC(=O)c1cn[nH]c1-c1ccccc1)C(=O)O. The number of nitrogens with one attached hydrogen (secondary N) is 2. The third kappa shape index (κ3) is 2.69. The number of amides is 1. The number of aromatic nitrogens is 2. The summed E-state index contributed by atoms with van der Waals surface area (Å²) in [6.45, 7) is 2.85. The van der Waals surface area contributed by atoms with Crippen molar-refractivity contribution in [2.75, 3.05) is 0 Å². The molecular weight excluding hydrogens is 258 g/mol. The molecule has 0 aliphatic rings. The largest absolute Gasteiger partial charge is 0.480 e. The van der Waals surface area contributed by atoms with E-state index in [-0.39, 0.29) is 0 Å². The first-order valence-electron chi connectivity index (χ1n) is 6.06. The van der Waals surface area contributed by atoms with Crippen LogP contribution in [0.15, 0.2) is 36.5 Å². The summed E-state index contributed by atoms with van der Waals surface area (Å²) in [4.78, 5) is 23.2. The van der Waals surface area contributed by atoms with Crippen LogP contribution in [0, 0.1) is 0 Å². The summed E-state index contributed by atoms with van der Waals surface area (Å²) in [7, 11) is 0. The summed E-state index contributed by atoms with van der Waals surface area (Å²) in [5.41, 5.74) is 0.334. The van der Waals surface area contributed by atoms with Gasteiger partial charge in [0.1, 0.15) is 5.54 Å². The molecule has 2 aromatic rings. The molecule has 0 spiro atoms. The quantitative estimate of drug-likeness (QED) is 0.789. The highest BCUT2D eigenvalue weighted by molar-refractivity contribution is 6.02. The fourth-order valence-electron chi connectivity index (χ4n) is 1.69. The number of H-pyrrole nitrogens is 1. The normalized spacial score (nSPS) is 11.1. The molecule has 1 heterocycles. The number of carbonyl (C=O) groups is 2. The first-order valence-corrected chi connectivity index (χ1v) is 6.06. The zero-order valence-electron chi connectivity index (χ0n) is 11.2. The van der Waals surface area contributed by atoms with Gasteiger partial charge in [-0.25, -0.2) is 4.79 Å². The minimum Gasteiger partial charge on any atom is -0.480 e. The number of carboxylic acids is 1. The first-order chi connectivity index (χ1) is 9.42. The lowest BCUT2D eigenvalue weighted by molar-refractivity contribution is -0.143. The smallest absolute Gasteiger partial charge is 0.328 e. The fourth-order valence-corrected chi connectivity index (χ4v) is 1.69. The van der Waals surface area contributed by atoms with Gasteiger partial charge in [0.15, 0.2) is 0 Å². The van der Waals surface area contributed by atoms with E-state index in [9.17, 15) is 9.59 Å². The minimum absolute atomic E-state index is 0.311. The van der Waals surface area contributed by atoms with E-state index in [0.29, 0.717) is 11.3 Å². The van der Waals surface area contributed by atoms with Gasteiger partial charge in [0.05, 0.1) is 17.5 Å². The van der Waals surface area contributed by atoms with Gasteiger partial charge < -0.3 is 10.4 Å². The van der Waals surface area contributed by atoms with Crippen LogP contribution in [0.2, 0.25) is 0 Å². The number of carboxylic acid groups (broad SMARTS) is 1. The van der Waals surface area contributed by atoms with Crippen LogP contribution in [-0.4, -0.2) is 32.7 Å². The molecule has 0 saturated carbocycles. The van der Waals surface area contributed by atoms with Gasteiger partial charge in [-0.1, -0.05) is 30.3 Å². The number of aromatic amines is 1. The summed E-state index contributed by atoms with van der Waals surface area (Å²) in [6, 6.07) is 9.24. The topological polar surface area (TPSA) is 95.1 Å². The van der Waals surface area contributed by atoms with Crippen molar-refractivity contribution in [2.45, 2.75) is 19.4 Å². The van der Waals surface area contributed by atoms with Gasteiger partial charge in [-0.05, 0) is 13.8 Å². The molecule has 0 unspecified atom stereocenters. The van der Waals surface area contributed by atoms with Crippen molar-refractivity contribution < 1.29 is 14.7 Å². The van der Waals surface area contributed by atoms with E-state index in [4.69, 9.17) is 5.11 Å². The molecule has 0 radical (unpaired) electrons. The van der Waals surface area contributed by atoms with Crippen molar-refractivity contribution in [1.82, 2.24) is 15.5 Å². The second-order valence-corrected chi connectivity index (χ2v) is 4.91. The molecule has 6 heteroatoms. The van der Waals surface area contributed by atoms with Gasteiger partial charge in [-0.3, -0.25) is 9.89 Å². The molecule has 0 bridgehead atoms. The van der Waals surface area contributed by atoms with Crippen LogP contribution < -0.4 is 5.32 Å². The first kappa shape index (κ1) is 13.8. The Balaban J connectivity index is 2.29. The highest BCUT2D eigenvalue weighted by Crippen LogP contribution is 2.21. The molecular formula is C14H15N3O3. The average molecular weight is 273 g/mol. The third-order valence-corrected chi connectivity index (χ3v) is 2.91. The summed E-state index contributed by atoms with van der Waals surface area (Å²) in [6.07, 6.45) is 1.38. The molecule has 0 saturated heterocycles. The third-order valence-electron chi connectivity index (χ3n) is 2.91. The molecule has 6 nitrogen and oxygen atoms in total.